The van der Waals surface area contributed by atoms with Crippen molar-refractivity contribution in [2.24, 2.45) is 0 Å². The first-order valence-electron chi connectivity index (χ1n) is 5.91. The number of hydrogen-bond donors (Lipinski definition) is 4. The summed E-state index contributed by atoms with van der Waals surface area (Å²) in [5.41, 5.74) is 21.3. The van der Waals surface area contributed by atoms with E-state index in [2.05, 4.69) is 5.32 Å². The van der Waals surface area contributed by atoms with Crippen molar-refractivity contribution in [1.29, 1.82) is 0 Å². The predicted molar refractivity (Wildman–Crippen MR) is 80.0 cm³/mol. The van der Waals surface area contributed by atoms with E-state index < -0.39 is 0 Å². The number of methoxy groups -OCH3 is 1. The Bertz CT molecular complexity index is 584. The van der Waals surface area contributed by atoms with E-state index in [1.807, 2.05) is 18.2 Å². The molecule has 0 saturated carbocycles. The molecule has 0 amide bonds. The summed E-state index contributed by atoms with van der Waals surface area (Å²) in [5, 5.41) is 3.23. The molecule has 0 saturated heterocycles. The van der Waals surface area contributed by atoms with Crippen molar-refractivity contribution in [3.8, 4) is 5.75 Å². The lowest BCUT2D eigenvalue weighted by Gasteiger charge is -2.12. The number of rotatable bonds is 4. The normalized spacial score (nSPS) is 10.2. The molecule has 0 unspecified atom stereocenters. The Morgan fingerprint density at radius 3 is 2.47 bits per heavy atom. The third-order valence-corrected chi connectivity index (χ3v) is 2.90. The third kappa shape index (κ3) is 3.01. The van der Waals surface area contributed by atoms with Gasteiger partial charge in [-0.3, -0.25) is 0 Å². The molecular weight excluding hydrogens is 240 g/mol. The molecule has 0 bridgehead atoms. The van der Waals surface area contributed by atoms with Crippen molar-refractivity contribution in [2.75, 3.05) is 29.6 Å². The summed E-state index contributed by atoms with van der Waals surface area (Å²) in [5.74, 6) is 0.747. The van der Waals surface area contributed by atoms with E-state index >= 15 is 0 Å². The van der Waals surface area contributed by atoms with E-state index in [1.54, 1.807) is 25.3 Å². The zero-order chi connectivity index (χ0) is 13.8. The molecule has 2 aromatic rings. The minimum Gasteiger partial charge on any atom is -0.497 e. The number of hydrogen-bond acceptors (Lipinski definition) is 5. The molecule has 5 heteroatoms. The van der Waals surface area contributed by atoms with Crippen molar-refractivity contribution in [3.05, 3.63) is 42.0 Å². The number of anilines is 4. The van der Waals surface area contributed by atoms with Gasteiger partial charge < -0.3 is 27.3 Å². The van der Waals surface area contributed by atoms with Crippen molar-refractivity contribution in [2.45, 2.75) is 6.54 Å². The van der Waals surface area contributed by atoms with Gasteiger partial charge in [0.2, 0.25) is 0 Å². The predicted octanol–water partition coefficient (Wildman–Crippen LogP) is 2.05. The van der Waals surface area contributed by atoms with Crippen LogP contribution in [0.15, 0.2) is 36.4 Å². The Balaban J connectivity index is 2.16. The van der Waals surface area contributed by atoms with Gasteiger partial charge in [0, 0.05) is 24.0 Å². The van der Waals surface area contributed by atoms with Gasteiger partial charge in [0.15, 0.2) is 0 Å². The minimum atomic E-state index is 0.550. The number of benzene rings is 2. The second-order valence-electron chi connectivity index (χ2n) is 4.26. The van der Waals surface area contributed by atoms with E-state index in [1.165, 1.54) is 0 Å². The Morgan fingerprint density at radius 1 is 1.00 bits per heavy atom. The lowest BCUT2D eigenvalue weighted by atomic mass is 10.1. The van der Waals surface area contributed by atoms with Crippen LogP contribution in [-0.2, 0) is 6.54 Å². The van der Waals surface area contributed by atoms with Gasteiger partial charge in [0.1, 0.15) is 5.75 Å². The molecule has 0 aliphatic carbocycles. The van der Waals surface area contributed by atoms with Gasteiger partial charge in [-0.1, -0.05) is 0 Å². The molecule has 0 heterocycles. The fourth-order valence-corrected chi connectivity index (χ4v) is 1.78. The van der Waals surface area contributed by atoms with Gasteiger partial charge in [0.25, 0.3) is 0 Å². The number of ether oxygens (including phenoxy) is 1. The van der Waals surface area contributed by atoms with Crippen molar-refractivity contribution < 1.29 is 4.74 Å². The zero-order valence-corrected chi connectivity index (χ0v) is 10.8. The minimum absolute atomic E-state index is 0.550. The first-order valence-corrected chi connectivity index (χ1v) is 5.91. The highest BCUT2D eigenvalue weighted by Gasteiger charge is 2.04. The summed E-state index contributed by atoms with van der Waals surface area (Å²) in [4.78, 5) is 0. The van der Waals surface area contributed by atoms with E-state index in [4.69, 9.17) is 21.9 Å². The van der Waals surface area contributed by atoms with E-state index in [0.717, 1.165) is 17.0 Å². The zero-order valence-electron chi connectivity index (χ0n) is 10.8. The maximum Gasteiger partial charge on any atom is 0.121 e. The molecule has 0 radical (unpaired) electrons. The topological polar surface area (TPSA) is 99.3 Å². The van der Waals surface area contributed by atoms with E-state index in [-0.39, 0.29) is 0 Å². The van der Waals surface area contributed by atoms with Crippen LogP contribution in [0.2, 0.25) is 0 Å². The van der Waals surface area contributed by atoms with Crippen molar-refractivity contribution in [1.82, 2.24) is 0 Å². The van der Waals surface area contributed by atoms with Crippen LogP contribution in [0.3, 0.4) is 0 Å². The summed E-state index contributed by atoms with van der Waals surface area (Å²) >= 11 is 0. The van der Waals surface area contributed by atoms with Gasteiger partial charge in [-0.05, 0) is 35.9 Å². The third-order valence-electron chi connectivity index (χ3n) is 2.90. The monoisotopic (exact) mass is 258 g/mol. The van der Waals surface area contributed by atoms with Gasteiger partial charge in [-0.2, -0.15) is 0 Å². The largest absolute Gasteiger partial charge is 0.497 e. The van der Waals surface area contributed by atoms with Crippen LogP contribution in [0.25, 0.3) is 0 Å². The van der Waals surface area contributed by atoms with Crippen molar-refractivity contribution >= 4 is 22.7 Å². The Hall–Kier alpha value is -2.56. The Kier molecular flexibility index (Phi) is 3.66. The lowest BCUT2D eigenvalue weighted by molar-refractivity contribution is 0.415. The molecule has 0 aliphatic heterocycles. The van der Waals surface area contributed by atoms with Crippen LogP contribution in [0.1, 0.15) is 5.56 Å². The van der Waals surface area contributed by atoms with Gasteiger partial charge in [-0.15, -0.1) is 0 Å². The first-order chi connectivity index (χ1) is 9.10. The highest BCUT2D eigenvalue weighted by molar-refractivity contribution is 5.69. The van der Waals surface area contributed by atoms with Gasteiger partial charge in [-0.25, -0.2) is 0 Å². The molecule has 7 N–H and O–H groups in total. The Labute approximate surface area is 112 Å². The fraction of sp³-hybridized carbons (Fsp3) is 0.143. The SMILES string of the molecule is COc1ccc(N)c(NCc2cc(N)ccc2N)c1. The molecule has 0 aromatic heterocycles. The lowest BCUT2D eigenvalue weighted by Crippen LogP contribution is -2.05. The highest BCUT2D eigenvalue weighted by atomic mass is 16.5. The number of nitrogen functional groups attached to an aromatic ring is 3. The van der Waals surface area contributed by atoms with Crippen LogP contribution in [0.5, 0.6) is 5.75 Å². The van der Waals surface area contributed by atoms with Crippen LogP contribution < -0.4 is 27.3 Å². The fourth-order valence-electron chi connectivity index (χ4n) is 1.78. The van der Waals surface area contributed by atoms with Crippen LogP contribution in [0, 0.1) is 0 Å². The molecular formula is C14H18N4O. The number of nitrogens with one attached hydrogen (secondary N) is 1. The van der Waals surface area contributed by atoms with E-state index in [0.29, 0.717) is 23.6 Å². The molecule has 2 aromatic carbocycles. The van der Waals surface area contributed by atoms with Gasteiger partial charge in [0.05, 0.1) is 18.5 Å². The molecule has 5 nitrogen and oxygen atoms in total. The maximum atomic E-state index is 5.90. The number of nitrogens with two attached hydrogens (primary N) is 3. The average molecular weight is 258 g/mol. The molecule has 19 heavy (non-hydrogen) atoms. The molecule has 0 atom stereocenters. The summed E-state index contributed by atoms with van der Waals surface area (Å²) in [6, 6.07) is 10.9. The standard InChI is InChI=1S/C14H18N4O/c1-19-11-3-5-13(17)14(7-11)18-8-9-6-10(15)2-4-12(9)16/h2-7,18H,8,15-17H2,1H3. The summed E-state index contributed by atoms with van der Waals surface area (Å²) in [6.45, 7) is 0.550. The highest BCUT2D eigenvalue weighted by Crippen LogP contribution is 2.25. The van der Waals surface area contributed by atoms with Crippen LogP contribution in [-0.4, -0.2) is 7.11 Å². The van der Waals surface area contributed by atoms with Crippen molar-refractivity contribution in [3.63, 3.8) is 0 Å². The van der Waals surface area contributed by atoms with Gasteiger partial charge >= 0.3 is 0 Å². The van der Waals surface area contributed by atoms with Crippen LogP contribution in [0.4, 0.5) is 22.7 Å². The molecule has 100 valence electrons. The summed E-state index contributed by atoms with van der Waals surface area (Å²) in [6.07, 6.45) is 0. The smallest absolute Gasteiger partial charge is 0.121 e. The molecule has 0 fully saturated rings. The maximum absolute atomic E-state index is 5.90. The molecule has 0 aliphatic rings. The molecule has 0 spiro atoms. The van der Waals surface area contributed by atoms with E-state index in [9.17, 15) is 0 Å². The molecule has 2 rings (SSSR count). The summed E-state index contributed by atoms with van der Waals surface area (Å²) in [7, 11) is 1.62. The Morgan fingerprint density at radius 2 is 1.74 bits per heavy atom. The van der Waals surface area contributed by atoms with Crippen LogP contribution >= 0.6 is 0 Å². The summed E-state index contributed by atoms with van der Waals surface area (Å²) < 4.78 is 5.16. The quantitative estimate of drug-likeness (QED) is 0.629. The second kappa shape index (κ2) is 5.39. The first kappa shape index (κ1) is 12.9. The second-order valence-corrected chi connectivity index (χ2v) is 4.26. The average Bonchev–Trinajstić information content (AvgIpc) is 2.41.